The molecule has 1 rings (SSSR count). The number of hydrogen-bond acceptors (Lipinski definition) is 6. The average molecular weight is 351 g/mol. The second-order valence-corrected chi connectivity index (χ2v) is 5.42. The largest absolute Gasteiger partial charge is 0.468 e. The monoisotopic (exact) mass is 351 g/mol. The number of carbonyl (C=O) groups excluding carboxylic acids is 3. The lowest BCUT2D eigenvalue weighted by atomic mass is 9.83. The Balaban J connectivity index is 3.41. The van der Waals surface area contributed by atoms with E-state index < -0.39 is 35.8 Å². The van der Waals surface area contributed by atoms with Crippen molar-refractivity contribution in [1.82, 2.24) is 4.90 Å². The van der Waals surface area contributed by atoms with Crippen molar-refractivity contribution in [3.05, 3.63) is 35.9 Å². The van der Waals surface area contributed by atoms with Crippen LogP contribution in [0.15, 0.2) is 30.3 Å². The Kier molecular flexibility index (Phi) is 8.07. The number of aliphatic hydroxyl groups excluding tert-OH is 1. The molecule has 0 aliphatic heterocycles. The molecule has 0 saturated carbocycles. The summed E-state index contributed by atoms with van der Waals surface area (Å²) in [5.41, 5.74) is 0.422. The van der Waals surface area contributed by atoms with Gasteiger partial charge in [0, 0.05) is 13.1 Å². The lowest BCUT2D eigenvalue weighted by Gasteiger charge is -2.31. The Morgan fingerprint density at radius 1 is 1.00 bits per heavy atom. The molecule has 0 bridgehead atoms. The van der Waals surface area contributed by atoms with E-state index in [1.54, 1.807) is 44.2 Å². The summed E-state index contributed by atoms with van der Waals surface area (Å²) < 4.78 is 9.36. The molecule has 0 heterocycles. The summed E-state index contributed by atoms with van der Waals surface area (Å²) in [6.45, 7) is 4.31. The third-order valence-corrected chi connectivity index (χ3v) is 4.11. The number of benzene rings is 1. The van der Waals surface area contributed by atoms with Gasteiger partial charge in [0.25, 0.3) is 0 Å². The summed E-state index contributed by atoms with van der Waals surface area (Å²) in [5, 5.41) is 10.8. The molecule has 2 unspecified atom stereocenters. The lowest BCUT2D eigenvalue weighted by Crippen LogP contribution is -2.47. The zero-order valence-electron chi connectivity index (χ0n) is 15.0. The molecule has 7 heteroatoms. The molecular formula is C18H25NO6. The highest BCUT2D eigenvalue weighted by molar-refractivity contribution is 6.00. The molecular weight excluding hydrogens is 326 g/mol. The van der Waals surface area contributed by atoms with Crippen LogP contribution in [0.25, 0.3) is 0 Å². The van der Waals surface area contributed by atoms with Crippen molar-refractivity contribution < 1.29 is 29.0 Å². The molecule has 25 heavy (non-hydrogen) atoms. The van der Waals surface area contributed by atoms with Gasteiger partial charge in [0.15, 0.2) is 5.92 Å². The molecule has 0 saturated heterocycles. The standard InChI is InChI=1S/C18H25NO6/c1-5-19(6-2)16(21)13(14(17(22)24-3)18(23)25-4)15(20)12-10-8-7-9-11-12/h7-11,13-15,20H,5-6H2,1-4H3. The van der Waals surface area contributed by atoms with E-state index in [-0.39, 0.29) is 0 Å². The minimum atomic E-state index is -1.56. The molecule has 1 amide bonds. The summed E-state index contributed by atoms with van der Waals surface area (Å²) in [7, 11) is 2.23. The van der Waals surface area contributed by atoms with E-state index >= 15 is 0 Å². The van der Waals surface area contributed by atoms with Crippen LogP contribution in [0.2, 0.25) is 0 Å². The van der Waals surface area contributed by atoms with Crippen LogP contribution in [0.3, 0.4) is 0 Å². The van der Waals surface area contributed by atoms with Crippen LogP contribution in [0.5, 0.6) is 0 Å². The average Bonchev–Trinajstić information content (AvgIpc) is 2.65. The van der Waals surface area contributed by atoms with Gasteiger partial charge >= 0.3 is 11.9 Å². The third kappa shape index (κ3) is 4.79. The maximum Gasteiger partial charge on any atom is 0.321 e. The van der Waals surface area contributed by atoms with Gasteiger partial charge < -0.3 is 19.5 Å². The summed E-state index contributed by atoms with van der Waals surface area (Å²) >= 11 is 0. The normalized spacial score (nSPS) is 13.0. The molecule has 0 spiro atoms. The van der Waals surface area contributed by atoms with Crippen LogP contribution in [-0.2, 0) is 23.9 Å². The van der Waals surface area contributed by atoms with Crippen molar-refractivity contribution in [3.8, 4) is 0 Å². The fourth-order valence-electron chi connectivity index (χ4n) is 2.71. The first-order chi connectivity index (χ1) is 11.9. The number of amides is 1. The number of hydrogen-bond donors (Lipinski definition) is 1. The van der Waals surface area contributed by atoms with E-state index in [2.05, 4.69) is 9.47 Å². The predicted molar refractivity (Wildman–Crippen MR) is 90.3 cm³/mol. The van der Waals surface area contributed by atoms with Gasteiger partial charge in [0.1, 0.15) is 0 Å². The fraction of sp³-hybridized carbons (Fsp3) is 0.500. The molecule has 7 nitrogen and oxygen atoms in total. The van der Waals surface area contributed by atoms with Gasteiger partial charge in [0.2, 0.25) is 5.91 Å². The second-order valence-electron chi connectivity index (χ2n) is 5.42. The van der Waals surface area contributed by atoms with E-state index in [9.17, 15) is 19.5 Å². The van der Waals surface area contributed by atoms with Gasteiger partial charge in [-0.15, -0.1) is 0 Å². The summed E-state index contributed by atoms with van der Waals surface area (Å²) in [6.07, 6.45) is -1.36. The number of methoxy groups -OCH3 is 2. The predicted octanol–water partition coefficient (Wildman–Crippen LogP) is 1.17. The van der Waals surface area contributed by atoms with Crippen molar-refractivity contribution in [2.24, 2.45) is 11.8 Å². The van der Waals surface area contributed by atoms with Crippen LogP contribution >= 0.6 is 0 Å². The maximum absolute atomic E-state index is 13.0. The Hall–Kier alpha value is -2.41. The Morgan fingerprint density at radius 3 is 1.88 bits per heavy atom. The zero-order chi connectivity index (χ0) is 19.0. The quantitative estimate of drug-likeness (QED) is 0.558. The van der Waals surface area contributed by atoms with E-state index in [4.69, 9.17) is 0 Å². The zero-order valence-corrected chi connectivity index (χ0v) is 15.0. The van der Waals surface area contributed by atoms with Crippen molar-refractivity contribution in [1.29, 1.82) is 0 Å². The van der Waals surface area contributed by atoms with Gasteiger partial charge in [-0.25, -0.2) is 0 Å². The molecule has 0 aliphatic rings. The van der Waals surface area contributed by atoms with Gasteiger partial charge in [-0.05, 0) is 19.4 Å². The van der Waals surface area contributed by atoms with Gasteiger partial charge in [-0.2, -0.15) is 0 Å². The first-order valence-electron chi connectivity index (χ1n) is 8.10. The molecule has 1 N–H and O–H groups in total. The SMILES string of the molecule is CCN(CC)C(=O)C(C(C(=O)OC)C(=O)OC)C(O)c1ccccc1. The first kappa shape index (κ1) is 20.6. The minimum Gasteiger partial charge on any atom is -0.468 e. The number of carbonyl (C=O) groups is 3. The molecule has 1 aromatic rings. The molecule has 0 radical (unpaired) electrons. The number of rotatable bonds is 8. The molecule has 1 aromatic carbocycles. The highest BCUT2D eigenvalue weighted by Crippen LogP contribution is 2.32. The van der Waals surface area contributed by atoms with E-state index in [0.29, 0.717) is 18.7 Å². The smallest absolute Gasteiger partial charge is 0.321 e. The maximum atomic E-state index is 13.0. The lowest BCUT2D eigenvalue weighted by molar-refractivity contribution is -0.169. The number of ether oxygens (including phenoxy) is 2. The summed E-state index contributed by atoms with van der Waals surface area (Å²) in [5.74, 6) is -5.26. The van der Waals surface area contributed by atoms with Crippen molar-refractivity contribution in [3.63, 3.8) is 0 Å². The molecule has 0 fully saturated rings. The number of aliphatic hydroxyl groups is 1. The van der Waals surface area contributed by atoms with Crippen molar-refractivity contribution >= 4 is 17.8 Å². The van der Waals surface area contributed by atoms with Gasteiger partial charge in [-0.1, -0.05) is 30.3 Å². The molecule has 2 atom stereocenters. The molecule has 138 valence electrons. The highest BCUT2D eigenvalue weighted by atomic mass is 16.5. The molecule has 0 aliphatic carbocycles. The van der Waals surface area contributed by atoms with Crippen molar-refractivity contribution in [2.75, 3.05) is 27.3 Å². The summed E-state index contributed by atoms with van der Waals surface area (Å²) in [6, 6.07) is 8.40. The highest BCUT2D eigenvalue weighted by Gasteiger charge is 2.46. The van der Waals surface area contributed by atoms with Crippen LogP contribution in [0, 0.1) is 11.8 Å². The van der Waals surface area contributed by atoms with E-state index in [1.165, 1.54) is 4.90 Å². The van der Waals surface area contributed by atoms with E-state index in [0.717, 1.165) is 14.2 Å². The van der Waals surface area contributed by atoms with Crippen molar-refractivity contribution in [2.45, 2.75) is 20.0 Å². The number of nitrogens with zero attached hydrogens (tertiary/aromatic N) is 1. The Bertz CT molecular complexity index is 568. The van der Waals surface area contributed by atoms with E-state index in [1.807, 2.05) is 0 Å². The van der Waals surface area contributed by atoms with Gasteiger partial charge in [0.05, 0.1) is 26.2 Å². The fourth-order valence-corrected chi connectivity index (χ4v) is 2.71. The minimum absolute atomic E-state index is 0.377. The number of esters is 2. The van der Waals surface area contributed by atoms with Crippen LogP contribution in [0.4, 0.5) is 0 Å². The van der Waals surface area contributed by atoms with Crippen LogP contribution < -0.4 is 0 Å². The van der Waals surface area contributed by atoms with Crippen LogP contribution in [-0.4, -0.2) is 55.2 Å². The third-order valence-electron chi connectivity index (χ3n) is 4.11. The topological polar surface area (TPSA) is 93.1 Å². The Morgan fingerprint density at radius 2 is 1.48 bits per heavy atom. The molecule has 0 aromatic heterocycles. The summed E-state index contributed by atoms with van der Waals surface area (Å²) in [4.78, 5) is 38.8. The van der Waals surface area contributed by atoms with Crippen LogP contribution in [0.1, 0.15) is 25.5 Å². The second kappa shape index (κ2) is 9.78. The first-order valence-corrected chi connectivity index (χ1v) is 8.10. The van der Waals surface area contributed by atoms with Gasteiger partial charge in [-0.3, -0.25) is 14.4 Å². The Labute approximate surface area is 147 Å².